The highest BCUT2D eigenvalue weighted by Gasteiger charge is 1.74. The third-order valence-electron chi connectivity index (χ3n) is 0.0833. The van der Waals surface area contributed by atoms with Crippen LogP contribution in [0.2, 0.25) is 0 Å². The van der Waals surface area contributed by atoms with Gasteiger partial charge in [-0.15, -0.1) is 0 Å². The molecule has 0 atom stereocenters. The first kappa shape index (κ1) is 9.71. The number of rotatable bonds is 2. The summed E-state index contributed by atoms with van der Waals surface area (Å²) >= 11 is 0. The molecule has 8 radical (unpaired) electrons. The molecule has 6 heteroatoms. The summed E-state index contributed by atoms with van der Waals surface area (Å²) < 4.78 is 8.51. The van der Waals surface area contributed by atoms with Crippen molar-refractivity contribution in [2.24, 2.45) is 0 Å². The van der Waals surface area contributed by atoms with Gasteiger partial charge in [0.1, 0.15) is 0 Å². The van der Waals surface area contributed by atoms with Crippen molar-refractivity contribution >= 4 is 31.0 Å². The Balaban J connectivity index is 0. The smallest absolute Gasteiger partial charge is 0.409 e. The zero-order chi connectivity index (χ0) is 4.12. The summed E-state index contributed by atoms with van der Waals surface area (Å²) in [6.45, 7) is 0. The van der Waals surface area contributed by atoms with Crippen molar-refractivity contribution < 1.29 is 12.9 Å². The summed E-state index contributed by atoms with van der Waals surface area (Å²) in [5.41, 5.74) is 0. The summed E-state index contributed by atoms with van der Waals surface area (Å²) in [7, 11) is 5.44. The van der Waals surface area contributed by atoms with Crippen LogP contribution in [-0.2, 0) is 8.23 Å². The summed E-state index contributed by atoms with van der Waals surface area (Å²) in [5.74, 6) is 0. The maximum atomic E-state index is 4.25. The minimum absolute atomic E-state index is 0. The molecule has 0 amide bonds. The highest BCUT2D eigenvalue weighted by atomic mass is 28.3. The Morgan fingerprint density at radius 1 is 1.17 bits per heavy atom. The van der Waals surface area contributed by atoms with Gasteiger partial charge in [0.25, 0.3) is 0 Å². The lowest BCUT2D eigenvalue weighted by Crippen LogP contribution is -3.00. The molecule has 32 valence electrons. The Morgan fingerprint density at radius 3 is 1.50 bits per heavy atom. The van der Waals surface area contributed by atoms with E-state index in [0.29, 0.717) is 0 Å². The predicted molar refractivity (Wildman–Crippen MR) is 19.4 cm³/mol. The van der Waals surface area contributed by atoms with Crippen LogP contribution < -0.4 is 4.70 Å². The van der Waals surface area contributed by atoms with Crippen LogP contribution >= 0.6 is 0 Å². The molecule has 0 N–H and O–H groups in total. The Morgan fingerprint density at radius 2 is 1.50 bits per heavy atom. The Hall–Kier alpha value is 0.501. The fraction of sp³-hybridized carbons (Fsp3) is 0. The Bertz CT molecular complexity index is 16.3. The monoisotopic (exact) mass is 135 g/mol. The van der Waals surface area contributed by atoms with Crippen molar-refractivity contribution in [2.45, 2.75) is 0 Å². The average Bonchev–Trinajstić information content (AvgIpc) is 1.41. The highest BCUT2D eigenvalue weighted by molar-refractivity contribution is 6.33. The first-order chi connectivity index (χ1) is 2.41. The molecule has 0 aromatic carbocycles. The average molecular weight is 135 g/mol. The second-order valence-corrected chi connectivity index (χ2v) is 2.09. The van der Waals surface area contributed by atoms with Gasteiger partial charge in [-0.2, -0.15) is 0 Å². The molecule has 0 fully saturated rings. The van der Waals surface area contributed by atoms with Crippen molar-refractivity contribution in [3.8, 4) is 0 Å². The van der Waals surface area contributed by atoms with Crippen LogP contribution in [0.25, 0.3) is 0 Å². The molecule has 0 saturated heterocycles. The van der Waals surface area contributed by atoms with Gasteiger partial charge in [0, 0.05) is 0 Å². The quantitative estimate of drug-likeness (QED) is 0.357. The predicted octanol–water partition coefficient (Wildman–Crippen LogP) is -4.28. The van der Waals surface area contributed by atoms with E-state index in [1.165, 1.54) is 0 Å². The lowest BCUT2D eigenvalue weighted by molar-refractivity contribution is -0.00000203. The fourth-order valence-corrected chi connectivity index (χ4v) is 0.563. The van der Waals surface area contributed by atoms with Crippen molar-refractivity contribution in [1.82, 2.24) is 0 Å². The third-order valence-corrected chi connectivity index (χ3v) is 0.750. The van der Waals surface area contributed by atoms with Gasteiger partial charge >= 0.3 is 10.0 Å². The van der Waals surface area contributed by atoms with Gasteiger partial charge in [0.15, 0.2) is 0 Å². The number of halogens is 1. The maximum Gasteiger partial charge on any atom is 0.409 e. The SMILES string of the molecule is [F-].[Si]O[Si]O[Si]. The zero-order valence-electron chi connectivity index (χ0n) is 2.69. The molecule has 0 aliphatic carbocycles. The van der Waals surface area contributed by atoms with Crippen molar-refractivity contribution in [3.05, 3.63) is 0 Å². The number of hydrogen-bond donors (Lipinski definition) is 0. The van der Waals surface area contributed by atoms with Crippen LogP contribution in [0.15, 0.2) is 0 Å². The van der Waals surface area contributed by atoms with Crippen LogP contribution in [0, 0.1) is 0 Å². The van der Waals surface area contributed by atoms with Crippen LogP contribution in [0.3, 0.4) is 0 Å². The standard InChI is InChI=1S/FH.O2Si3/c;3-1-5-2-4/h1H;/p-1. The normalized spacial score (nSPS) is 7.00. The van der Waals surface area contributed by atoms with E-state index in [2.05, 4.69) is 29.2 Å². The molecule has 0 bridgehead atoms. The van der Waals surface area contributed by atoms with E-state index >= 15 is 0 Å². The van der Waals surface area contributed by atoms with Crippen LogP contribution in [0.5, 0.6) is 0 Å². The van der Waals surface area contributed by atoms with E-state index in [0.717, 1.165) is 0 Å². The topological polar surface area (TPSA) is 18.5 Å². The summed E-state index contributed by atoms with van der Waals surface area (Å²) in [6.07, 6.45) is 0. The molecular formula is FO2Si3-. The Labute approximate surface area is 44.7 Å². The molecule has 0 aliphatic heterocycles. The van der Waals surface area contributed by atoms with Gasteiger partial charge in [-0.25, -0.2) is 0 Å². The molecule has 0 unspecified atom stereocenters. The van der Waals surface area contributed by atoms with Gasteiger partial charge in [0.2, 0.25) is 21.0 Å². The molecule has 0 saturated carbocycles. The number of hydrogen-bond acceptors (Lipinski definition) is 2. The highest BCUT2D eigenvalue weighted by Crippen LogP contribution is 1.52. The fourth-order valence-electron chi connectivity index (χ4n) is 0.0208. The largest absolute Gasteiger partial charge is 1.00 e. The molecule has 0 aromatic rings. The van der Waals surface area contributed by atoms with Crippen molar-refractivity contribution in [3.63, 3.8) is 0 Å². The molecule has 0 heterocycles. The van der Waals surface area contributed by atoms with Gasteiger partial charge < -0.3 is 12.9 Å². The summed E-state index contributed by atoms with van der Waals surface area (Å²) in [5, 5.41) is 0. The first-order valence-electron chi connectivity index (χ1n) is 0.816. The van der Waals surface area contributed by atoms with E-state index in [4.69, 9.17) is 0 Å². The molecular weight excluding hydrogens is 135 g/mol. The molecule has 0 aliphatic rings. The van der Waals surface area contributed by atoms with E-state index in [9.17, 15) is 0 Å². The molecule has 0 aromatic heterocycles. The second-order valence-electron chi connectivity index (χ2n) is 0.287. The van der Waals surface area contributed by atoms with E-state index in [1.807, 2.05) is 0 Å². The molecule has 0 spiro atoms. The minimum atomic E-state index is 0. The van der Waals surface area contributed by atoms with E-state index < -0.39 is 0 Å². The third kappa shape index (κ3) is 8.82. The summed E-state index contributed by atoms with van der Waals surface area (Å²) in [4.78, 5) is 0. The van der Waals surface area contributed by atoms with E-state index in [1.54, 1.807) is 0 Å². The maximum absolute atomic E-state index is 4.25. The minimum Gasteiger partial charge on any atom is -1.00 e. The first-order valence-corrected chi connectivity index (χ1v) is 2.45. The van der Waals surface area contributed by atoms with Crippen molar-refractivity contribution in [2.75, 3.05) is 0 Å². The molecule has 6 heavy (non-hydrogen) atoms. The van der Waals surface area contributed by atoms with Gasteiger partial charge in [-0.3, -0.25) is 0 Å². The zero-order valence-corrected chi connectivity index (χ0v) is 5.69. The van der Waals surface area contributed by atoms with Crippen LogP contribution in [0.1, 0.15) is 0 Å². The van der Waals surface area contributed by atoms with Gasteiger partial charge in [0.05, 0.1) is 0 Å². The van der Waals surface area contributed by atoms with Crippen LogP contribution in [-0.4, -0.2) is 31.0 Å². The second kappa shape index (κ2) is 9.09. The Kier molecular flexibility index (Phi) is 14.7. The molecule has 2 nitrogen and oxygen atoms in total. The van der Waals surface area contributed by atoms with E-state index in [-0.39, 0.29) is 14.7 Å². The molecule has 0 rings (SSSR count). The lowest BCUT2D eigenvalue weighted by Gasteiger charge is -1.82. The summed E-state index contributed by atoms with van der Waals surface area (Å²) in [6, 6.07) is 0. The lowest BCUT2D eigenvalue weighted by atomic mass is 15.8. The van der Waals surface area contributed by atoms with Gasteiger partial charge in [-0.05, 0) is 0 Å². The van der Waals surface area contributed by atoms with Gasteiger partial charge in [-0.1, -0.05) is 0 Å². The van der Waals surface area contributed by atoms with Crippen molar-refractivity contribution in [1.29, 1.82) is 0 Å². The van der Waals surface area contributed by atoms with Crippen LogP contribution in [0.4, 0.5) is 0 Å².